The highest BCUT2D eigenvalue weighted by atomic mass is 32.1. The van der Waals surface area contributed by atoms with Gasteiger partial charge in [-0.25, -0.2) is 9.37 Å². The van der Waals surface area contributed by atoms with Gasteiger partial charge in [0.2, 0.25) is 0 Å². The monoisotopic (exact) mass is 199 g/mol. The zero-order valence-electron chi connectivity index (χ0n) is 8.17. The lowest BCUT2D eigenvalue weighted by Gasteiger charge is -1.86. The Balaban J connectivity index is 0.000000671. The molecule has 0 unspecified atom stereocenters. The molecule has 1 nitrogen and oxygen atoms in total. The molecule has 3 heteroatoms. The summed E-state index contributed by atoms with van der Waals surface area (Å²) in [6.45, 7) is 9.16. The van der Waals surface area contributed by atoms with Crippen molar-refractivity contribution in [3.63, 3.8) is 0 Å². The highest BCUT2D eigenvalue weighted by Crippen LogP contribution is 2.16. The van der Waals surface area contributed by atoms with Crippen LogP contribution >= 0.6 is 11.3 Å². The fraction of sp³-hybridized carbons (Fsp3) is 0.300. The predicted octanol–water partition coefficient (Wildman–Crippen LogP) is 3.97. The molecular weight excluding hydrogens is 185 g/mol. The summed E-state index contributed by atoms with van der Waals surface area (Å²) < 4.78 is 12.6. The minimum Gasteiger partial charge on any atom is -0.249 e. The van der Waals surface area contributed by atoms with Gasteiger partial charge >= 0.3 is 0 Å². The molecule has 0 saturated heterocycles. The first-order chi connectivity index (χ1) is 6.24. The van der Waals surface area contributed by atoms with Crippen molar-refractivity contribution in [2.75, 3.05) is 0 Å². The molecule has 0 aromatic carbocycles. The van der Waals surface area contributed by atoms with Crippen LogP contribution in [0.2, 0.25) is 0 Å². The van der Waals surface area contributed by atoms with Gasteiger partial charge in [0.25, 0.3) is 0 Å². The van der Waals surface area contributed by atoms with E-state index in [1.807, 2.05) is 20.8 Å². The number of thiazole rings is 1. The highest BCUT2D eigenvalue weighted by Gasteiger charge is 1.97. The van der Waals surface area contributed by atoms with E-state index < -0.39 is 0 Å². The third-order valence-electron chi connectivity index (χ3n) is 1.25. The van der Waals surface area contributed by atoms with Gasteiger partial charge in [-0.15, -0.1) is 11.3 Å². The molecular formula is C10H14FNS. The lowest BCUT2D eigenvalue weighted by atomic mass is 10.3. The average Bonchev–Trinajstić information content (AvgIpc) is 2.55. The summed E-state index contributed by atoms with van der Waals surface area (Å²) in [5, 5.41) is 0. The van der Waals surface area contributed by atoms with Gasteiger partial charge in [-0.3, -0.25) is 0 Å². The lowest BCUT2D eigenvalue weighted by Crippen LogP contribution is -1.72. The third kappa shape index (κ3) is 3.99. The normalized spacial score (nSPS) is 10.3. The molecule has 0 fully saturated rings. The van der Waals surface area contributed by atoms with Crippen molar-refractivity contribution in [1.82, 2.24) is 4.98 Å². The van der Waals surface area contributed by atoms with E-state index in [0.717, 1.165) is 10.6 Å². The molecule has 1 rings (SSSR count). The van der Waals surface area contributed by atoms with Gasteiger partial charge < -0.3 is 0 Å². The predicted molar refractivity (Wildman–Crippen MR) is 57.5 cm³/mol. The minimum atomic E-state index is -0.322. The smallest absolute Gasteiger partial charge is 0.124 e. The summed E-state index contributed by atoms with van der Waals surface area (Å²) in [7, 11) is 0. The van der Waals surface area contributed by atoms with E-state index in [1.165, 1.54) is 23.5 Å². The lowest BCUT2D eigenvalue weighted by molar-refractivity contribution is 0.675. The van der Waals surface area contributed by atoms with Gasteiger partial charge in [-0.2, -0.15) is 0 Å². The summed E-state index contributed by atoms with van der Waals surface area (Å²) >= 11 is 1.42. The van der Waals surface area contributed by atoms with Crippen LogP contribution in [0, 0.1) is 6.92 Å². The number of halogens is 1. The average molecular weight is 199 g/mol. The quantitative estimate of drug-likeness (QED) is 0.657. The Bertz CT molecular complexity index is 289. The van der Waals surface area contributed by atoms with E-state index in [9.17, 15) is 4.39 Å². The van der Waals surface area contributed by atoms with Gasteiger partial charge in [-0.05, 0) is 19.1 Å². The topological polar surface area (TPSA) is 12.9 Å². The fourth-order valence-corrected chi connectivity index (χ4v) is 1.36. The number of allylic oxidation sites excluding steroid dienone is 2. The van der Waals surface area contributed by atoms with Crippen molar-refractivity contribution in [1.29, 1.82) is 0 Å². The Morgan fingerprint density at radius 2 is 2.23 bits per heavy atom. The van der Waals surface area contributed by atoms with Gasteiger partial charge in [0.15, 0.2) is 0 Å². The summed E-state index contributed by atoms with van der Waals surface area (Å²) in [5.74, 6) is -0.322. The molecule has 13 heavy (non-hydrogen) atoms. The minimum absolute atomic E-state index is 0.322. The van der Waals surface area contributed by atoms with E-state index in [4.69, 9.17) is 0 Å². The first kappa shape index (κ1) is 12.0. The maximum Gasteiger partial charge on any atom is 0.124 e. The second-order valence-corrected chi connectivity index (χ2v) is 2.92. The molecule has 0 aliphatic rings. The highest BCUT2D eigenvalue weighted by molar-refractivity contribution is 7.10. The van der Waals surface area contributed by atoms with Crippen molar-refractivity contribution in [3.05, 3.63) is 34.6 Å². The van der Waals surface area contributed by atoms with Crippen LogP contribution in [-0.4, -0.2) is 4.98 Å². The molecule has 1 aromatic heterocycles. The number of aromatic nitrogens is 1. The van der Waals surface area contributed by atoms with Gasteiger partial charge in [0.1, 0.15) is 5.83 Å². The Labute approximate surface area is 82.6 Å². The van der Waals surface area contributed by atoms with Crippen LogP contribution in [0.3, 0.4) is 0 Å². The standard InChI is InChI=1S/C8H8FNS.C2H6/c1-3-7(9)4-8-6(2)10-5-11-8;1-2/h3-5H,1H2,2H3;1-2H3/b7-4+;. The molecule has 0 saturated carbocycles. The van der Waals surface area contributed by atoms with Gasteiger partial charge in [-0.1, -0.05) is 20.4 Å². The van der Waals surface area contributed by atoms with Crippen LogP contribution in [0.5, 0.6) is 0 Å². The van der Waals surface area contributed by atoms with Crippen molar-refractivity contribution < 1.29 is 4.39 Å². The fourth-order valence-electron chi connectivity index (χ4n) is 0.634. The van der Waals surface area contributed by atoms with Crippen LogP contribution in [0.15, 0.2) is 24.0 Å². The van der Waals surface area contributed by atoms with Crippen LogP contribution in [0.1, 0.15) is 24.4 Å². The molecule has 0 spiro atoms. The molecule has 0 aliphatic carbocycles. The molecule has 72 valence electrons. The maximum absolute atomic E-state index is 12.6. The second kappa shape index (κ2) is 6.54. The Hall–Kier alpha value is -0.960. The van der Waals surface area contributed by atoms with Crippen molar-refractivity contribution in [3.8, 4) is 0 Å². The van der Waals surface area contributed by atoms with Crippen molar-refractivity contribution >= 4 is 17.4 Å². The maximum atomic E-state index is 12.6. The number of hydrogen-bond acceptors (Lipinski definition) is 2. The van der Waals surface area contributed by atoms with Crippen LogP contribution in [-0.2, 0) is 0 Å². The Morgan fingerprint density at radius 1 is 1.62 bits per heavy atom. The molecule has 0 bridgehead atoms. The third-order valence-corrected chi connectivity index (χ3v) is 2.12. The molecule has 1 aromatic rings. The van der Waals surface area contributed by atoms with Gasteiger partial charge in [0.05, 0.1) is 16.1 Å². The van der Waals surface area contributed by atoms with E-state index in [1.54, 1.807) is 5.51 Å². The molecule has 0 N–H and O–H groups in total. The van der Waals surface area contributed by atoms with Crippen molar-refractivity contribution in [2.24, 2.45) is 0 Å². The molecule has 1 heterocycles. The number of aryl methyl sites for hydroxylation is 1. The SMILES string of the molecule is C=C/C(F)=C\c1scnc1C.CC. The molecule has 0 atom stereocenters. The van der Waals surface area contributed by atoms with Gasteiger partial charge in [0, 0.05) is 0 Å². The summed E-state index contributed by atoms with van der Waals surface area (Å²) in [5.41, 5.74) is 2.55. The number of nitrogens with zero attached hydrogens (tertiary/aromatic N) is 1. The first-order valence-corrected chi connectivity index (χ1v) is 5.01. The van der Waals surface area contributed by atoms with E-state index >= 15 is 0 Å². The zero-order valence-corrected chi connectivity index (χ0v) is 8.99. The zero-order chi connectivity index (χ0) is 10.3. The summed E-state index contributed by atoms with van der Waals surface area (Å²) in [4.78, 5) is 4.83. The Morgan fingerprint density at radius 3 is 2.62 bits per heavy atom. The summed E-state index contributed by atoms with van der Waals surface area (Å²) in [6, 6.07) is 0. The second-order valence-electron chi connectivity index (χ2n) is 2.04. The van der Waals surface area contributed by atoms with Crippen LogP contribution in [0.25, 0.3) is 6.08 Å². The molecule has 0 amide bonds. The largest absolute Gasteiger partial charge is 0.249 e. The number of rotatable bonds is 2. The summed E-state index contributed by atoms with van der Waals surface area (Å²) in [6.07, 6.45) is 2.61. The molecule has 0 aliphatic heterocycles. The van der Waals surface area contributed by atoms with Crippen LogP contribution in [0.4, 0.5) is 4.39 Å². The van der Waals surface area contributed by atoms with Crippen LogP contribution < -0.4 is 0 Å². The number of hydrogen-bond donors (Lipinski definition) is 0. The molecule has 0 radical (unpaired) electrons. The Kier molecular flexibility index (Phi) is 6.06. The van der Waals surface area contributed by atoms with Crippen molar-refractivity contribution in [2.45, 2.75) is 20.8 Å². The van der Waals surface area contributed by atoms with E-state index in [2.05, 4.69) is 11.6 Å². The first-order valence-electron chi connectivity index (χ1n) is 4.13. The van der Waals surface area contributed by atoms with E-state index in [-0.39, 0.29) is 5.83 Å². The van der Waals surface area contributed by atoms with E-state index in [0.29, 0.717) is 0 Å².